The van der Waals surface area contributed by atoms with Gasteiger partial charge in [0.1, 0.15) is 6.04 Å². The van der Waals surface area contributed by atoms with Crippen molar-refractivity contribution in [2.24, 2.45) is 0 Å². The summed E-state index contributed by atoms with van der Waals surface area (Å²) in [6, 6.07) is -0.257. The van der Waals surface area contributed by atoms with Gasteiger partial charge < -0.3 is 14.8 Å². The molecule has 5 heteroatoms. The molecule has 1 N–H and O–H groups in total. The van der Waals surface area contributed by atoms with Crippen molar-refractivity contribution >= 4 is 5.97 Å². The van der Waals surface area contributed by atoms with Crippen molar-refractivity contribution in [3.05, 3.63) is 0 Å². The van der Waals surface area contributed by atoms with Crippen LogP contribution < -0.4 is 5.32 Å². The van der Waals surface area contributed by atoms with Gasteiger partial charge in [0, 0.05) is 33.3 Å². The van der Waals surface area contributed by atoms with E-state index in [1.54, 1.807) is 7.11 Å². The van der Waals surface area contributed by atoms with Gasteiger partial charge in [-0.05, 0) is 0 Å². The molecule has 1 aliphatic rings. The third kappa shape index (κ3) is 2.94. The number of nitrogens with zero attached hydrogens (tertiary/aromatic N) is 1. The molecule has 14 heavy (non-hydrogen) atoms. The highest BCUT2D eigenvalue weighted by Gasteiger charge is 2.27. The standard InChI is InChI=1S/C9H18N2O3/c1-13-7-8(9(12)14-2)11-5-3-10-4-6-11/h8,10H,3-7H2,1-2H3. The maximum absolute atomic E-state index is 11.4. The normalized spacial score (nSPS) is 20.4. The Morgan fingerprint density at radius 3 is 2.57 bits per heavy atom. The molecule has 0 bridgehead atoms. The smallest absolute Gasteiger partial charge is 0.325 e. The number of methoxy groups -OCH3 is 2. The number of esters is 1. The lowest BCUT2D eigenvalue weighted by molar-refractivity contribution is -0.149. The minimum Gasteiger partial charge on any atom is -0.468 e. The number of carbonyl (C=O) groups excluding carboxylic acids is 1. The molecule has 1 atom stereocenters. The summed E-state index contributed by atoms with van der Waals surface area (Å²) in [7, 11) is 3.01. The zero-order chi connectivity index (χ0) is 10.4. The third-order valence-electron chi connectivity index (χ3n) is 2.39. The van der Waals surface area contributed by atoms with Crippen LogP contribution in [0.25, 0.3) is 0 Å². The van der Waals surface area contributed by atoms with E-state index < -0.39 is 0 Å². The van der Waals surface area contributed by atoms with Gasteiger partial charge in [-0.15, -0.1) is 0 Å². The molecular weight excluding hydrogens is 184 g/mol. The molecule has 0 aromatic heterocycles. The number of hydrogen-bond donors (Lipinski definition) is 1. The monoisotopic (exact) mass is 202 g/mol. The maximum Gasteiger partial charge on any atom is 0.325 e. The minimum atomic E-state index is -0.257. The first-order valence-corrected chi connectivity index (χ1v) is 4.81. The molecule has 0 aliphatic carbocycles. The Morgan fingerprint density at radius 1 is 1.43 bits per heavy atom. The lowest BCUT2D eigenvalue weighted by Gasteiger charge is -2.32. The fraction of sp³-hybridized carbons (Fsp3) is 0.889. The minimum absolute atomic E-state index is 0.214. The Labute approximate surface area is 84.4 Å². The van der Waals surface area contributed by atoms with Crippen molar-refractivity contribution in [2.45, 2.75) is 6.04 Å². The van der Waals surface area contributed by atoms with Gasteiger partial charge in [-0.3, -0.25) is 9.69 Å². The van der Waals surface area contributed by atoms with Crippen molar-refractivity contribution < 1.29 is 14.3 Å². The predicted molar refractivity (Wildman–Crippen MR) is 52.1 cm³/mol. The SMILES string of the molecule is COCC(C(=O)OC)N1CCNCC1. The summed E-state index contributed by atoms with van der Waals surface area (Å²) in [5.74, 6) is -0.214. The van der Waals surface area contributed by atoms with Gasteiger partial charge in [-0.25, -0.2) is 0 Å². The molecule has 1 fully saturated rings. The average molecular weight is 202 g/mol. The fourth-order valence-electron chi connectivity index (χ4n) is 1.61. The lowest BCUT2D eigenvalue weighted by Crippen LogP contribution is -2.53. The molecule has 1 aliphatic heterocycles. The van der Waals surface area contributed by atoms with Gasteiger partial charge in [0.05, 0.1) is 13.7 Å². The molecule has 0 radical (unpaired) electrons. The molecule has 82 valence electrons. The summed E-state index contributed by atoms with van der Waals surface area (Å²) in [6.07, 6.45) is 0. The van der Waals surface area contributed by atoms with Crippen molar-refractivity contribution in [3.63, 3.8) is 0 Å². The Balaban J connectivity index is 2.50. The molecule has 0 spiro atoms. The van der Waals surface area contributed by atoms with Crippen LogP contribution in [0.1, 0.15) is 0 Å². The second-order valence-corrected chi connectivity index (χ2v) is 3.28. The zero-order valence-corrected chi connectivity index (χ0v) is 8.78. The molecular formula is C9H18N2O3. The number of ether oxygens (including phenoxy) is 2. The molecule has 0 aromatic carbocycles. The van der Waals surface area contributed by atoms with E-state index in [1.165, 1.54) is 7.11 Å². The number of rotatable bonds is 4. The quantitative estimate of drug-likeness (QED) is 0.597. The van der Waals surface area contributed by atoms with Crippen LogP contribution in [0.2, 0.25) is 0 Å². The summed E-state index contributed by atoms with van der Waals surface area (Å²) in [4.78, 5) is 13.5. The first-order valence-electron chi connectivity index (χ1n) is 4.81. The summed E-state index contributed by atoms with van der Waals surface area (Å²) in [5.41, 5.74) is 0. The van der Waals surface area contributed by atoms with Crippen LogP contribution in [0.15, 0.2) is 0 Å². The van der Waals surface area contributed by atoms with Crippen LogP contribution >= 0.6 is 0 Å². The highest BCUT2D eigenvalue weighted by Crippen LogP contribution is 2.04. The van der Waals surface area contributed by atoms with E-state index in [9.17, 15) is 4.79 Å². The molecule has 1 unspecified atom stereocenters. The van der Waals surface area contributed by atoms with Crippen LogP contribution in [0, 0.1) is 0 Å². The van der Waals surface area contributed by atoms with E-state index in [0.29, 0.717) is 6.61 Å². The second kappa shape index (κ2) is 5.95. The van der Waals surface area contributed by atoms with Crippen molar-refractivity contribution in [1.29, 1.82) is 0 Å². The van der Waals surface area contributed by atoms with Gasteiger partial charge in [0.25, 0.3) is 0 Å². The van der Waals surface area contributed by atoms with Gasteiger partial charge in [0.2, 0.25) is 0 Å². The number of nitrogens with one attached hydrogen (secondary N) is 1. The zero-order valence-electron chi connectivity index (χ0n) is 8.78. The molecule has 5 nitrogen and oxygen atoms in total. The maximum atomic E-state index is 11.4. The summed E-state index contributed by atoms with van der Waals surface area (Å²) < 4.78 is 9.75. The highest BCUT2D eigenvalue weighted by atomic mass is 16.5. The highest BCUT2D eigenvalue weighted by molar-refractivity contribution is 5.75. The number of carbonyl (C=O) groups is 1. The van der Waals surface area contributed by atoms with Gasteiger partial charge >= 0.3 is 5.97 Å². The van der Waals surface area contributed by atoms with Crippen molar-refractivity contribution in [2.75, 3.05) is 47.0 Å². The first kappa shape index (κ1) is 11.4. The van der Waals surface area contributed by atoms with Crippen LogP contribution in [0.4, 0.5) is 0 Å². The number of hydrogen-bond acceptors (Lipinski definition) is 5. The fourth-order valence-corrected chi connectivity index (χ4v) is 1.61. The Kier molecular flexibility index (Phi) is 4.86. The molecule has 0 saturated carbocycles. The van der Waals surface area contributed by atoms with Crippen molar-refractivity contribution in [3.8, 4) is 0 Å². The van der Waals surface area contributed by atoms with E-state index in [2.05, 4.69) is 10.2 Å². The number of piperazine rings is 1. The molecule has 0 amide bonds. The van der Waals surface area contributed by atoms with E-state index in [1.807, 2.05) is 0 Å². The van der Waals surface area contributed by atoms with E-state index in [0.717, 1.165) is 26.2 Å². The Morgan fingerprint density at radius 2 is 2.07 bits per heavy atom. The first-order chi connectivity index (χ1) is 6.79. The second-order valence-electron chi connectivity index (χ2n) is 3.28. The molecule has 1 heterocycles. The van der Waals surface area contributed by atoms with Crippen molar-refractivity contribution in [1.82, 2.24) is 10.2 Å². The Hall–Kier alpha value is -0.650. The topological polar surface area (TPSA) is 50.8 Å². The predicted octanol–water partition coefficient (Wildman–Crippen LogP) is -0.920. The van der Waals surface area contributed by atoms with Crippen LogP contribution in [0.3, 0.4) is 0 Å². The average Bonchev–Trinajstić information content (AvgIpc) is 2.26. The summed E-state index contributed by atoms with van der Waals surface area (Å²) >= 11 is 0. The van der Waals surface area contributed by atoms with Crippen LogP contribution in [-0.2, 0) is 14.3 Å². The van der Waals surface area contributed by atoms with Gasteiger partial charge in [-0.2, -0.15) is 0 Å². The third-order valence-corrected chi connectivity index (χ3v) is 2.39. The molecule has 0 aromatic rings. The Bertz CT molecular complexity index is 181. The van der Waals surface area contributed by atoms with E-state index >= 15 is 0 Å². The summed E-state index contributed by atoms with van der Waals surface area (Å²) in [5, 5.41) is 3.23. The van der Waals surface area contributed by atoms with Crippen LogP contribution in [-0.4, -0.2) is 63.9 Å². The van der Waals surface area contributed by atoms with Crippen LogP contribution in [0.5, 0.6) is 0 Å². The van der Waals surface area contributed by atoms with Gasteiger partial charge in [0.15, 0.2) is 0 Å². The molecule has 1 rings (SSSR count). The van der Waals surface area contributed by atoms with E-state index in [4.69, 9.17) is 9.47 Å². The lowest BCUT2D eigenvalue weighted by atomic mass is 10.2. The molecule has 1 saturated heterocycles. The van der Waals surface area contributed by atoms with Gasteiger partial charge in [-0.1, -0.05) is 0 Å². The summed E-state index contributed by atoms with van der Waals surface area (Å²) in [6.45, 7) is 3.95. The van der Waals surface area contributed by atoms with E-state index in [-0.39, 0.29) is 12.0 Å². The largest absolute Gasteiger partial charge is 0.468 e.